The van der Waals surface area contributed by atoms with Crippen molar-refractivity contribution in [1.29, 1.82) is 0 Å². The summed E-state index contributed by atoms with van der Waals surface area (Å²) in [6, 6.07) is 0. The Kier molecular flexibility index (Phi) is 0.943. The third kappa shape index (κ3) is 0.655. The number of hydrogen-bond donors (Lipinski definition) is 1. The second-order valence-electron chi connectivity index (χ2n) is 2.11. The Bertz CT molecular complexity index is 351. The summed E-state index contributed by atoms with van der Waals surface area (Å²) in [4.78, 5) is 14.1. The molecule has 50 valence electrons. The summed E-state index contributed by atoms with van der Waals surface area (Å²) < 4.78 is 0. The van der Waals surface area contributed by atoms with Gasteiger partial charge in [-0.3, -0.25) is 4.98 Å². The molecule has 10 heavy (non-hydrogen) atoms. The maximum atomic E-state index is 4.14. The molecule has 0 unspecified atom stereocenters. The predicted molar refractivity (Wildman–Crippen MR) is 35.2 cm³/mol. The van der Waals surface area contributed by atoms with Crippen molar-refractivity contribution >= 4 is 11.2 Å². The number of fused-ring (bicyclic) bond motifs is 1. The van der Waals surface area contributed by atoms with Crippen molar-refractivity contribution < 1.29 is 4.98 Å². The van der Waals surface area contributed by atoms with Crippen LogP contribution in [0, 0.1) is 6.92 Å². The summed E-state index contributed by atoms with van der Waals surface area (Å²) in [6.45, 7) is 1.86. The van der Waals surface area contributed by atoms with E-state index in [0.717, 1.165) is 17.0 Å². The number of hydrogen-bond acceptors (Lipinski definition) is 2. The monoisotopic (exact) mass is 135 g/mol. The Balaban J connectivity index is 2.86. The van der Waals surface area contributed by atoms with E-state index in [1.807, 2.05) is 6.92 Å². The van der Waals surface area contributed by atoms with E-state index in [0.29, 0.717) is 0 Å². The zero-order valence-electron chi connectivity index (χ0n) is 5.55. The first-order valence-electron chi connectivity index (χ1n) is 3.05. The highest BCUT2D eigenvalue weighted by molar-refractivity contribution is 5.63. The van der Waals surface area contributed by atoms with E-state index in [1.54, 1.807) is 12.5 Å². The topological polar surface area (TPSA) is 55.7 Å². The molecule has 0 saturated heterocycles. The number of nitrogens with zero attached hydrogens (tertiary/aromatic N) is 2. The molecule has 0 aliphatic heterocycles. The Morgan fingerprint density at radius 2 is 2.50 bits per heavy atom. The van der Waals surface area contributed by atoms with Crippen LogP contribution >= 0.6 is 0 Å². The lowest BCUT2D eigenvalue weighted by Gasteiger charge is -1.80. The molecule has 2 aromatic rings. The van der Waals surface area contributed by atoms with E-state index in [2.05, 4.69) is 19.9 Å². The molecule has 4 nitrogen and oxygen atoms in total. The summed E-state index contributed by atoms with van der Waals surface area (Å²) in [6.07, 6.45) is 3.49. The lowest BCUT2D eigenvalue weighted by molar-refractivity contribution is -0.347. The molecular formula is C6H7N4+. The maximum Gasteiger partial charge on any atom is 0.302 e. The van der Waals surface area contributed by atoms with Gasteiger partial charge in [-0.15, -0.1) is 0 Å². The van der Waals surface area contributed by atoms with Crippen LogP contribution in [0.2, 0.25) is 0 Å². The van der Waals surface area contributed by atoms with Gasteiger partial charge in [0.1, 0.15) is 0 Å². The van der Waals surface area contributed by atoms with Gasteiger partial charge in [-0.1, -0.05) is 4.98 Å². The van der Waals surface area contributed by atoms with E-state index in [9.17, 15) is 0 Å². The molecule has 4 heteroatoms. The molecular weight excluding hydrogens is 128 g/mol. The van der Waals surface area contributed by atoms with E-state index < -0.39 is 0 Å². The van der Waals surface area contributed by atoms with Crippen LogP contribution in [0.4, 0.5) is 0 Å². The van der Waals surface area contributed by atoms with Crippen molar-refractivity contribution in [2.45, 2.75) is 6.92 Å². The van der Waals surface area contributed by atoms with Gasteiger partial charge in [-0.25, -0.2) is 9.97 Å². The number of imidazole rings is 1. The largest absolute Gasteiger partial charge is 0.302 e. The molecule has 0 radical (unpaired) electrons. The molecule has 0 aliphatic carbocycles. The van der Waals surface area contributed by atoms with Crippen LogP contribution in [0.3, 0.4) is 0 Å². The molecule has 0 spiro atoms. The SMILES string of the molecule is Cc1ncc2[nH]c[nH+]c2n1. The number of rotatable bonds is 0. The van der Waals surface area contributed by atoms with Gasteiger partial charge in [0.2, 0.25) is 5.82 Å². The average Bonchev–Trinajstić information content (AvgIpc) is 2.33. The van der Waals surface area contributed by atoms with Crippen LogP contribution in [0.25, 0.3) is 11.2 Å². The first-order chi connectivity index (χ1) is 4.86. The summed E-state index contributed by atoms with van der Waals surface area (Å²) >= 11 is 0. The molecule has 2 rings (SSSR count). The lowest BCUT2D eigenvalue weighted by Crippen LogP contribution is -1.98. The third-order valence-electron chi connectivity index (χ3n) is 1.35. The molecule has 0 aromatic carbocycles. The van der Waals surface area contributed by atoms with Gasteiger partial charge in [0, 0.05) is 6.92 Å². The fourth-order valence-corrected chi connectivity index (χ4v) is 0.868. The third-order valence-corrected chi connectivity index (χ3v) is 1.35. The molecule has 0 fully saturated rings. The Labute approximate surface area is 57.3 Å². The van der Waals surface area contributed by atoms with E-state index in [1.165, 1.54) is 0 Å². The number of aromatic nitrogens is 4. The first kappa shape index (κ1) is 5.34. The van der Waals surface area contributed by atoms with Gasteiger partial charge >= 0.3 is 5.65 Å². The lowest BCUT2D eigenvalue weighted by atomic mass is 10.5. The second kappa shape index (κ2) is 1.76. The minimum atomic E-state index is 0.781. The van der Waals surface area contributed by atoms with Crippen molar-refractivity contribution in [3.8, 4) is 0 Å². The molecule has 0 aliphatic rings. The van der Waals surface area contributed by atoms with Crippen LogP contribution in [0.15, 0.2) is 12.5 Å². The van der Waals surface area contributed by atoms with E-state index in [4.69, 9.17) is 0 Å². The van der Waals surface area contributed by atoms with E-state index in [-0.39, 0.29) is 0 Å². The van der Waals surface area contributed by atoms with Crippen molar-refractivity contribution in [1.82, 2.24) is 15.0 Å². The Morgan fingerprint density at radius 3 is 3.40 bits per heavy atom. The fourth-order valence-electron chi connectivity index (χ4n) is 0.868. The number of aryl methyl sites for hydroxylation is 1. The van der Waals surface area contributed by atoms with Crippen LogP contribution in [0.1, 0.15) is 5.82 Å². The van der Waals surface area contributed by atoms with Crippen molar-refractivity contribution in [3.63, 3.8) is 0 Å². The second-order valence-corrected chi connectivity index (χ2v) is 2.11. The predicted octanol–water partition coefficient (Wildman–Crippen LogP) is 0.0804. The summed E-state index contributed by atoms with van der Waals surface area (Å²) in [5.74, 6) is 0.781. The van der Waals surface area contributed by atoms with Gasteiger partial charge in [0.25, 0.3) is 0 Å². The zero-order chi connectivity index (χ0) is 6.97. The van der Waals surface area contributed by atoms with Crippen LogP contribution in [0.5, 0.6) is 0 Å². The summed E-state index contributed by atoms with van der Waals surface area (Å²) in [7, 11) is 0. The van der Waals surface area contributed by atoms with E-state index >= 15 is 0 Å². The van der Waals surface area contributed by atoms with Crippen LogP contribution in [-0.2, 0) is 0 Å². The molecule has 2 aromatic heterocycles. The molecule has 0 bridgehead atoms. The Hall–Kier alpha value is -1.45. The maximum absolute atomic E-state index is 4.14. The minimum Gasteiger partial charge on any atom is -0.273 e. The number of nitrogens with one attached hydrogen (secondary N) is 2. The van der Waals surface area contributed by atoms with Crippen LogP contribution in [-0.4, -0.2) is 15.0 Å². The smallest absolute Gasteiger partial charge is 0.273 e. The summed E-state index contributed by atoms with van der Waals surface area (Å²) in [5.41, 5.74) is 1.79. The zero-order valence-corrected chi connectivity index (χ0v) is 5.55. The van der Waals surface area contributed by atoms with Gasteiger partial charge in [-0.2, -0.15) is 0 Å². The van der Waals surface area contributed by atoms with Gasteiger partial charge in [0.05, 0.1) is 6.20 Å². The molecule has 0 saturated carbocycles. The highest BCUT2D eigenvalue weighted by Crippen LogP contribution is 1.98. The summed E-state index contributed by atoms with van der Waals surface area (Å²) in [5, 5.41) is 0. The van der Waals surface area contributed by atoms with Crippen molar-refractivity contribution in [2.75, 3.05) is 0 Å². The van der Waals surface area contributed by atoms with Gasteiger partial charge in [0.15, 0.2) is 11.8 Å². The van der Waals surface area contributed by atoms with Gasteiger partial charge in [-0.05, 0) is 0 Å². The highest BCUT2D eigenvalue weighted by atomic mass is 15.0. The standard InChI is InChI=1S/C6H6N4/c1-4-7-2-5-6(10-4)9-3-8-5/h2-3H,1H3,(H,7,8,9,10)/p+1. The molecule has 0 atom stereocenters. The minimum absolute atomic E-state index is 0.781. The normalized spacial score (nSPS) is 10.5. The molecule has 2 N–H and O–H groups in total. The Morgan fingerprint density at radius 1 is 1.60 bits per heavy atom. The molecule has 2 heterocycles. The number of aromatic amines is 2. The first-order valence-corrected chi connectivity index (χ1v) is 3.05. The van der Waals surface area contributed by atoms with Gasteiger partial charge < -0.3 is 0 Å². The van der Waals surface area contributed by atoms with Crippen LogP contribution < -0.4 is 4.98 Å². The average molecular weight is 135 g/mol. The molecule has 0 amide bonds. The number of H-pyrrole nitrogens is 2. The highest BCUT2D eigenvalue weighted by Gasteiger charge is 2.03. The fraction of sp³-hybridized carbons (Fsp3) is 0.167. The van der Waals surface area contributed by atoms with Crippen molar-refractivity contribution in [3.05, 3.63) is 18.3 Å². The quantitative estimate of drug-likeness (QED) is 0.556. The van der Waals surface area contributed by atoms with Crippen molar-refractivity contribution in [2.24, 2.45) is 0 Å².